The molecule has 94 valence electrons. The summed E-state index contributed by atoms with van der Waals surface area (Å²) in [5, 5.41) is 6.50. The van der Waals surface area contributed by atoms with E-state index in [0.29, 0.717) is 0 Å². The summed E-state index contributed by atoms with van der Waals surface area (Å²) in [6.07, 6.45) is 3.68. The predicted molar refractivity (Wildman–Crippen MR) is 80.5 cm³/mol. The summed E-state index contributed by atoms with van der Waals surface area (Å²) < 4.78 is 0. The van der Waals surface area contributed by atoms with Crippen molar-refractivity contribution in [2.24, 2.45) is 0 Å². The maximum absolute atomic E-state index is 5.97. The Hall–Kier alpha value is -2.06. The molecule has 0 aliphatic rings. The number of nitrogens with one attached hydrogen (secondary N) is 1. The highest BCUT2D eigenvalue weighted by Crippen LogP contribution is 2.19. The van der Waals surface area contributed by atoms with Crippen molar-refractivity contribution in [1.82, 2.24) is 4.98 Å². The van der Waals surface area contributed by atoms with Crippen LogP contribution in [0.15, 0.2) is 60.9 Å². The van der Waals surface area contributed by atoms with E-state index in [1.807, 2.05) is 36.7 Å². The Morgan fingerprint density at radius 3 is 2.84 bits per heavy atom. The lowest BCUT2D eigenvalue weighted by Crippen LogP contribution is -1.99. The van der Waals surface area contributed by atoms with Crippen molar-refractivity contribution in [2.45, 2.75) is 6.54 Å². The number of nitrogens with zero attached hydrogens (tertiary/aromatic N) is 1. The molecule has 0 unspecified atom stereocenters. The molecule has 0 radical (unpaired) electrons. The van der Waals surface area contributed by atoms with Crippen LogP contribution < -0.4 is 5.32 Å². The van der Waals surface area contributed by atoms with Gasteiger partial charge >= 0.3 is 0 Å². The fourth-order valence-corrected chi connectivity index (χ4v) is 2.26. The molecule has 3 rings (SSSR count). The molecular formula is C16H13ClN2. The zero-order valence-corrected chi connectivity index (χ0v) is 11.1. The van der Waals surface area contributed by atoms with Crippen LogP contribution in [0.2, 0.25) is 5.02 Å². The average molecular weight is 269 g/mol. The van der Waals surface area contributed by atoms with Gasteiger partial charge in [0.05, 0.1) is 0 Å². The largest absolute Gasteiger partial charge is 0.381 e. The average Bonchev–Trinajstić information content (AvgIpc) is 2.45. The first-order valence-electron chi connectivity index (χ1n) is 6.13. The number of fused-ring (bicyclic) bond motifs is 1. The van der Waals surface area contributed by atoms with Crippen molar-refractivity contribution in [3.05, 3.63) is 71.5 Å². The lowest BCUT2D eigenvalue weighted by atomic mass is 10.1. The molecule has 0 saturated carbocycles. The summed E-state index contributed by atoms with van der Waals surface area (Å²) in [5.41, 5.74) is 2.26. The zero-order chi connectivity index (χ0) is 13.1. The molecule has 3 heteroatoms. The minimum absolute atomic E-state index is 0.761. The van der Waals surface area contributed by atoms with E-state index in [1.165, 1.54) is 10.9 Å². The number of hydrogen-bond acceptors (Lipinski definition) is 2. The van der Waals surface area contributed by atoms with Gasteiger partial charge in [-0.05, 0) is 41.3 Å². The van der Waals surface area contributed by atoms with E-state index in [2.05, 4.69) is 34.6 Å². The number of aromatic nitrogens is 1. The highest BCUT2D eigenvalue weighted by atomic mass is 35.5. The van der Waals surface area contributed by atoms with Crippen LogP contribution in [0.3, 0.4) is 0 Å². The van der Waals surface area contributed by atoms with Gasteiger partial charge in [0, 0.05) is 35.0 Å². The van der Waals surface area contributed by atoms with E-state index < -0.39 is 0 Å². The van der Waals surface area contributed by atoms with Crippen molar-refractivity contribution in [2.75, 3.05) is 5.32 Å². The van der Waals surface area contributed by atoms with E-state index >= 15 is 0 Å². The molecule has 0 saturated heterocycles. The normalized spacial score (nSPS) is 10.6. The van der Waals surface area contributed by atoms with Crippen molar-refractivity contribution >= 4 is 28.1 Å². The molecule has 1 heterocycles. The van der Waals surface area contributed by atoms with E-state index in [1.54, 1.807) is 0 Å². The van der Waals surface area contributed by atoms with Crippen LogP contribution in [0.1, 0.15) is 5.56 Å². The van der Waals surface area contributed by atoms with Gasteiger partial charge in [-0.2, -0.15) is 0 Å². The Kier molecular flexibility index (Phi) is 3.34. The molecule has 0 spiro atoms. The first kappa shape index (κ1) is 12.0. The van der Waals surface area contributed by atoms with Crippen LogP contribution in [-0.2, 0) is 6.54 Å². The fraction of sp³-hybridized carbons (Fsp3) is 0.0625. The summed E-state index contributed by atoms with van der Waals surface area (Å²) in [6, 6.07) is 16.2. The molecule has 0 aliphatic carbocycles. The summed E-state index contributed by atoms with van der Waals surface area (Å²) >= 11 is 5.97. The van der Waals surface area contributed by atoms with Crippen molar-refractivity contribution in [3.8, 4) is 0 Å². The van der Waals surface area contributed by atoms with Gasteiger partial charge in [0.25, 0.3) is 0 Å². The first-order valence-corrected chi connectivity index (χ1v) is 6.51. The third-order valence-corrected chi connectivity index (χ3v) is 3.26. The third kappa shape index (κ3) is 2.85. The molecule has 2 nitrogen and oxygen atoms in total. The van der Waals surface area contributed by atoms with Crippen LogP contribution in [0.5, 0.6) is 0 Å². The maximum atomic E-state index is 5.97. The minimum atomic E-state index is 0.761. The lowest BCUT2D eigenvalue weighted by molar-refractivity contribution is 1.15. The maximum Gasteiger partial charge on any atom is 0.0409 e. The summed E-state index contributed by atoms with van der Waals surface area (Å²) in [7, 11) is 0. The predicted octanol–water partition coefficient (Wildman–Crippen LogP) is 4.50. The molecule has 0 atom stereocenters. The van der Waals surface area contributed by atoms with Crippen molar-refractivity contribution < 1.29 is 0 Å². The van der Waals surface area contributed by atoms with E-state index in [0.717, 1.165) is 22.6 Å². The Morgan fingerprint density at radius 1 is 1.00 bits per heavy atom. The van der Waals surface area contributed by atoms with Gasteiger partial charge < -0.3 is 5.32 Å². The highest BCUT2D eigenvalue weighted by Gasteiger charge is 1.97. The number of hydrogen-bond donors (Lipinski definition) is 1. The Labute approximate surface area is 117 Å². The number of halogens is 1. The Bertz CT molecular complexity index is 710. The number of pyridine rings is 1. The smallest absolute Gasteiger partial charge is 0.0409 e. The molecule has 19 heavy (non-hydrogen) atoms. The van der Waals surface area contributed by atoms with Gasteiger partial charge in [-0.25, -0.2) is 0 Å². The monoisotopic (exact) mass is 268 g/mol. The SMILES string of the molecule is Clc1cccc(CNc2ccc3cnccc3c2)c1. The molecule has 0 amide bonds. The second-order valence-electron chi connectivity index (χ2n) is 4.42. The fourth-order valence-electron chi connectivity index (χ4n) is 2.04. The molecule has 3 aromatic rings. The topological polar surface area (TPSA) is 24.9 Å². The van der Waals surface area contributed by atoms with Crippen LogP contribution in [0.4, 0.5) is 5.69 Å². The van der Waals surface area contributed by atoms with E-state index in [9.17, 15) is 0 Å². The second kappa shape index (κ2) is 5.29. The number of rotatable bonds is 3. The van der Waals surface area contributed by atoms with Gasteiger partial charge in [-0.3, -0.25) is 4.98 Å². The van der Waals surface area contributed by atoms with E-state index in [4.69, 9.17) is 11.6 Å². The quantitative estimate of drug-likeness (QED) is 0.756. The lowest BCUT2D eigenvalue weighted by Gasteiger charge is -2.08. The first-order chi connectivity index (χ1) is 9.31. The number of anilines is 1. The zero-order valence-electron chi connectivity index (χ0n) is 10.3. The summed E-state index contributed by atoms with van der Waals surface area (Å²) in [4.78, 5) is 4.11. The third-order valence-electron chi connectivity index (χ3n) is 3.03. The number of benzene rings is 2. The molecule has 1 aromatic heterocycles. The second-order valence-corrected chi connectivity index (χ2v) is 4.86. The van der Waals surface area contributed by atoms with Gasteiger partial charge in [0.1, 0.15) is 0 Å². The minimum Gasteiger partial charge on any atom is -0.381 e. The Morgan fingerprint density at radius 2 is 1.95 bits per heavy atom. The standard InChI is InChI=1S/C16H13ClN2/c17-15-3-1-2-12(8-15)10-19-16-5-4-14-11-18-7-6-13(14)9-16/h1-9,11,19H,10H2. The van der Waals surface area contributed by atoms with Gasteiger partial charge in [0.2, 0.25) is 0 Å². The van der Waals surface area contributed by atoms with Crippen LogP contribution in [-0.4, -0.2) is 4.98 Å². The highest BCUT2D eigenvalue weighted by molar-refractivity contribution is 6.30. The van der Waals surface area contributed by atoms with Crippen LogP contribution >= 0.6 is 11.6 Å². The molecule has 0 fully saturated rings. The van der Waals surface area contributed by atoms with Crippen molar-refractivity contribution in [1.29, 1.82) is 0 Å². The van der Waals surface area contributed by atoms with Gasteiger partial charge in [-0.1, -0.05) is 29.8 Å². The van der Waals surface area contributed by atoms with Gasteiger partial charge in [-0.15, -0.1) is 0 Å². The summed E-state index contributed by atoms with van der Waals surface area (Å²) in [6.45, 7) is 0.761. The molecular weight excluding hydrogens is 256 g/mol. The van der Waals surface area contributed by atoms with E-state index in [-0.39, 0.29) is 0 Å². The van der Waals surface area contributed by atoms with Crippen LogP contribution in [0.25, 0.3) is 10.8 Å². The molecule has 0 aliphatic heterocycles. The van der Waals surface area contributed by atoms with Crippen LogP contribution in [0, 0.1) is 0 Å². The molecule has 0 bridgehead atoms. The molecule has 2 aromatic carbocycles. The Balaban J connectivity index is 1.78. The molecule has 1 N–H and O–H groups in total. The summed E-state index contributed by atoms with van der Waals surface area (Å²) in [5.74, 6) is 0. The van der Waals surface area contributed by atoms with Crippen molar-refractivity contribution in [3.63, 3.8) is 0 Å². The van der Waals surface area contributed by atoms with Gasteiger partial charge in [0.15, 0.2) is 0 Å².